The van der Waals surface area contributed by atoms with Gasteiger partial charge in [-0.1, -0.05) is 94.7 Å². The average Bonchev–Trinajstić information content (AvgIpc) is 2.72. The summed E-state index contributed by atoms with van der Waals surface area (Å²) in [4.78, 5) is 2.98. The van der Waals surface area contributed by atoms with Crippen molar-refractivity contribution in [2.45, 2.75) is 80.9 Å². The van der Waals surface area contributed by atoms with E-state index in [9.17, 15) is 17.3 Å². The number of halogens is 4. The Balaban J connectivity index is 0.000000804. The van der Waals surface area contributed by atoms with E-state index in [2.05, 4.69) is 67.6 Å². The van der Waals surface area contributed by atoms with Gasteiger partial charge in [-0.05, 0) is 37.1 Å². The van der Waals surface area contributed by atoms with Crippen LogP contribution in [0.4, 0.5) is 17.3 Å². The van der Waals surface area contributed by atoms with Gasteiger partial charge in [0.1, 0.15) is 5.75 Å². The molecule has 0 aromatic heterocycles. The lowest BCUT2D eigenvalue weighted by molar-refractivity contribution is 0.368. The van der Waals surface area contributed by atoms with Crippen molar-refractivity contribution < 1.29 is 17.3 Å². The van der Waals surface area contributed by atoms with Gasteiger partial charge in [0.2, 0.25) is 0 Å². The molecule has 0 radical (unpaired) electrons. The number of benzene rings is 2. The quantitative estimate of drug-likeness (QED) is 0.126. The molecule has 0 unspecified atom stereocenters. The summed E-state index contributed by atoms with van der Waals surface area (Å²) in [7, 11) is -5.76. The summed E-state index contributed by atoms with van der Waals surface area (Å²) in [5.74, 6) is 1.30. The van der Waals surface area contributed by atoms with Crippen LogP contribution in [0, 0.1) is 0 Å². The maximum Gasteiger partial charge on any atom is 0.673 e. The Kier molecular flexibility index (Phi) is 14.4. The van der Waals surface area contributed by atoms with Crippen LogP contribution in [0.5, 0.6) is 0 Å². The Labute approximate surface area is 182 Å². The first-order chi connectivity index (χ1) is 14.4. The summed E-state index contributed by atoms with van der Waals surface area (Å²) >= 11 is 0. The molecule has 0 aliphatic heterocycles. The highest BCUT2D eigenvalue weighted by Gasteiger charge is 2.23. The summed E-state index contributed by atoms with van der Waals surface area (Å²) in [6.45, 7) is 2.29. The van der Waals surface area contributed by atoms with Gasteiger partial charge in [0.05, 0.1) is 10.9 Å². The zero-order valence-corrected chi connectivity index (χ0v) is 18.9. The van der Waals surface area contributed by atoms with E-state index in [1.54, 1.807) is 0 Å². The second-order valence-corrected chi connectivity index (χ2v) is 9.53. The monoisotopic (exact) mass is 442 g/mol. The highest BCUT2D eigenvalue weighted by atomic mass is 32.2. The molecule has 0 nitrogen and oxygen atoms in total. The largest absolute Gasteiger partial charge is 0.673 e. The lowest BCUT2D eigenvalue weighted by atomic mass is 10.1. The minimum Gasteiger partial charge on any atom is -0.418 e. The van der Waals surface area contributed by atoms with Crippen LogP contribution in [-0.4, -0.2) is 13.0 Å². The minimum atomic E-state index is -6.00. The van der Waals surface area contributed by atoms with Crippen LogP contribution < -0.4 is 0 Å². The first-order valence-electron chi connectivity index (χ1n) is 11.1. The predicted molar refractivity (Wildman–Crippen MR) is 124 cm³/mol. The maximum atomic E-state index is 9.75. The fraction of sp³-hybridized carbons (Fsp3) is 0.500. The van der Waals surface area contributed by atoms with E-state index in [0.29, 0.717) is 0 Å². The normalized spacial score (nSPS) is 11.3. The Bertz CT molecular complexity index is 589. The summed E-state index contributed by atoms with van der Waals surface area (Å²) in [6, 6.07) is 22.1. The van der Waals surface area contributed by atoms with Gasteiger partial charge in [-0.3, -0.25) is 0 Å². The first kappa shape index (κ1) is 26.6. The van der Waals surface area contributed by atoms with Crippen molar-refractivity contribution in [3.63, 3.8) is 0 Å². The van der Waals surface area contributed by atoms with E-state index in [1.165, 1.54) is 79.8 Å². The molecule has 30 heavy (non-hydrogen) atoms. The zero-order valence-electron chi connectivity index (χ0n) is 18.0. The number of unbranched alkanes of at least 4 members (excludes halogenated alkanes) is 9. The molecular formula is C24H35BF4S. The number of rotatable bonds is 13. The van der Waals surface area contributed by atoms with E-state index < -0.39 is 7.25 Å². The molecule has 0 atom stereocenters. The lowest BCUT2D eigenvalue weighted by Crippen LogP contribution is -2.08. The molecule has 168 valence electrons. The van der Waals surface area contributed by atoms with Crippen molar-refractivity contribution in [2.24, 2.45) is 0 Å². The fourth-order valence-corrected chi connectivity index (χ4v) is 5.48. The van der Waals surface area contributed by atoms with Crippen LogP contribution in [0.25, 0.3) is 0 Å². The van der Waals surface area contributed by atoms with Gasteiger partial charge in [0.15, 0.2) is 9.79 Å². The summed E-state index contributed by atoms with van der Waals surface area (Å²) < 4.78 is 39.0. The van der Waals surface area contributed by atoms with Crippen LogP contribution in [-0.2, 0) is 10.9 Å². The summed E-state index contributed by atoms with van der Waals surface area (Å²) in [5.41, 5.74) is 0. The molecule has 0 amide bonds. The van der Waals surface area contributed by atoms with Crippen molar-refractivity contribution in [3.05, 3.63) is 60.7 Å². The second kappa shape index (κ2) is 16.3. The van der Waals surface area contributed by atoms with Gasteiger partial charge in [-0.25, -0.2) is 0 Å². The van der Waals surface area contributed by atoms with Crippen molar-refractivity contribution in [1.82, 2.24) is 0 Å². The summed E-state index contributed by atoms with van der Waals surface area (Å²) in [5, 5.41) is 0. The zero-order chi connectivity index (χ0) is 22.1. The van der Waals surface area contributed by atoms with E-state index in [1.807, 2.05) is 0 Å². The van der Waals surface area contributed by atoms with Crippen LogP contribution >= 0.6 is 0 Å². The smallest absolute Gasteiger partial charge is 0.418 e. The van der Waals surface area contributed by atoms with Crippen LogP contribution in [0.3, 0.4) is 0 Å². The third kappa shape index (κ3) is 14.5. The fourth-order valence-electron chi connectivity index (χ4n) is 3.28. The molecule has 2 aromatic rings. The van der Waals surface area contributed by atoms with Crippen molar-refractivity contribution in [1.29, 1.82) is 0 Å². The van der Waals surface area contributed by atoms with Gasteiger partial charge in [0, 0.05) is 0 Å². The van der Waals surface area contributed by atoms with E-state index in [4.69, 9.17) is 0 Å². The van der Waals surface area contributed by atoms with Crippen LogP contribution in [0.2, 0.25) is 0 Å². The van der Waals surface area contributed by atoms with E-state index in [0.717, 1.165) is 0 Å². The third-order valence-corrected chi connectivity index (χ3v) is 7.14. The first-order valence-corrected chi connectivity index (χ1v) is 12.5. The molecule has 0 spiro atoms. The SMILES string of the molecule is CCCCCCCCCCCC[S+](c1ccccc1)c1ccccc1.F[B-](F)(F)F. The molecule has 0 aliphatic carbocycles. The Hall–Kier alpha value is -1.43. The molecule has 0 fully saturated rings. The summed E-state index contributed by atoms with van der Waals surface area (Å²) in [6.07, 6.45) is 14.1. The van der Waals surface area contributed by atoms with Crippen molar-refractivity contribution in [2.75, 3.05) is 5.75 Å². The molecule has 2 rings (SSSR count). The maximum absolute atomic E-state index is 9.75. The molecular weight excluding hydrogens is 407 g/mol. The van der Waals surface area contributed by atoms with Gasteiger partial charge >= 0.3 is 7.25 Å². The highest BCUT2D eigenvalue weighted by molar-refractivity contribution is 7.97. The Morgan fingerprint density at radius 2 is 0.900 bits per heavy atom. The third-order valence-electron chi connectivity index (χ3n) is 4.76. The Morgan fingerprint density at radius 3 is 1.27 bits per heavy atom. The topological polar surface area (TPSA) is 0 Å². The van der Waals surface area contributed by atoms with E-state index >= 15 is 0 Å². The molecule has 0 bridgehead atoms. The minimum absolute atomic E-state index is 0.236. The second-order valence-electron chi connectivity index (χ2n) is 7.40. The van der Waals surface area contributed by atoms with Crippen molar-refractivity contribution >= 4 is 18.1 Å². The molecule has 6 heteroatoms. The standard InChI is InChI=1S/C24H35S.BF4/c1-2-3-4-5-6-7-8-9-10-17-22-25(23-18-13-11-14-19-23)24-20-15-12-16-21-24;2-1(3,4)5/h11-16,18-21H,2-10,17,22H2,1H3;/q+1;-1. The van der Waals surface area contributed by atoms with E-state index in [-0.39, 0.29) is 10.9 Å². The molecule has 0 aliphatic rings. The van der Waals surface area contributed by atoms with Gasteiger partial charge in [-0.2, -0.15) is 0 Å². The van der Waals surface area contributed by atoms with Crippen LogP contribution in [0.1, 0.15) is 71.1 Å². The van der Waals surface area contributed by atoms with Gasteiger partial charge in [0.25, 0.3) is 0 Å². The number of hydrogen-bond donors (Lipinski definition) is 0. The predicted octanol–water partition coefficient (Wildman–Crippen LogP) is 8.94. The van der Waals surface area contributed by atoms with Crippen LogP contribution in [0.15, 0.2) is 70.5 Å². The van der Waals surface area contributed by atoms with Crippen molar-refractivity contribution in [3.8, 4) is 0 Å². The molecule has 0 heterocycles. The lowest BCUT2D eigenvalue weighted by Gasteiger charge is -2.08. The molecule has 2 aromatic carbocycles. The Morgan fingerprint density at radius 1 is 0.567 bits per heavy atom. The number of hydrogen-bond acceptors (Lipinski definition) is 0. The highest BCUT2D eigenvalue weighted by Crippen LogP contribution is 2.25. The molecule has 0 saturated heterocycles. The van der Waals surface area contributed by atoms with Gasteiger partial charge in [-0.15, -0.1) is 0 Å². The average molecular weight is 442 g/mol. The molecule has 0 saturated carbocycles. The van der Waals surface area contributed by atoms with Gasteiger partial charge < -0.3 is 17.3 Å². The molecule has 0 N–H and O–H groups in total.